The Labute approximate surface area is 157 Å². The SMILES string of the molecule is O=C(NCCc1ccc(F)cc1)Nc1cccc(COCc2ccco2)c1. The molecule has 0 bridgehead atoms. The smallest absolute Gasteiger partial charge is 0.319 e. The molecule has 0 saturated carbocycles. The van der Waals surface area contributed by atoms with Crippen molar-refractivity contribution in [3.63, 3.8) is 0 Å². The van der Waals surface area contributed by atoms with Gasteiger partial charge in [-0.15, -0.1) is 0 Å². The average Bonchev–Trinajstić information content (AvgIpc) is 3.17. The molecule has 3 rings (SSSR count). The summed E-state index contributed by atoms with van der Waals surface area (Å²) in [6, 6.07) is 17.1. The third kappa shape index (κ3) is 6.27. The Balaban J connectivity index is 1.41. The lowest BCUT2D eigenvalue weighted by Crippen LogP contribution is -2.30. The highest BCUT2D eigenvalue weighted by atomic mass is 19.1. The molecule has 1 heterocycles. The van der Waals surface area contributed by atoms with Crippen molar-refractivity contribution in [2.45, 2.75) is 19.6 Å². The number of halogens is 1. The minimum absolute atomic E-state index is 0.266. The summed E-state index contributed by atoms with van der Waals surface area (Å²) in [5.74, 6) is 0.502. The number of benzene rings is 2. The zero-order valence-electron chi connectivity index (χ0n) is 14.8. The number of amides is 2. The van der Waals surface area contributed by atoms with Crippen LogP contribution in [0.2, 0.25) is 0 Å². The second-order valence-electron chi connectivity index (χ2n) is 6.03. The first-order valence-corrected chi connectivity index (χ1v) is 8.67. The number of anilines is 1. The molecule has 0 aliphatic rings. The van der Waals surface area contributed by atoms with E-state index in [9.17, 15) is 9.18 Å². The highest BCUT2D eigenvalue weighted by molar-refractivity contribution is 5.89. The van der Waals surface area contributed by atoms with Crippen molar-refractivity contribution in [1.82, 2.24) is 5.32 Å². The van der Waals surface area contributed by atoms with Gasteiger partial charge in [-0.3, -0.25) is 0 Å². The van der Waals surface area contributed by atoms with Gasteiger partial charge in [-0.2, -0.15) is 0 Å². The van der Waals surface area contributed by atoms with E-state index in [1.54, 1.807) is 18.4 Å². The highest BCUT2D eigenvalue weighted by Crippen LogP contribution is 2.13. The first-order valence-electron chi connectivity index (χ1n) is 8.67. The van der Waals surface area contributed by atoms with Crippen LogP contribution >= 0.6 is 0 Å². The molecule has 0 aliphatic heterocycles. The highest BCUT2D eigenvalue weighted by Gasteiger charge is 2.03. The van der Waals surface area contributed by atoms with Crippen molar-refractivity contribution >= 4 is 11.7 Å². The fourth-order valence-electron chi connectivity index (χ4n) is 2.55. The van der Waals surface area contributed by atoms with Crippen LogP contribution in [0.25, 0.3) is 0 Å². The largest absolute Gasteiger partial charge is 0.467 e. The lowest BCUT2D eigenvalue weighted by atomic mass is 10.1. The van der Waals surface area contributed by atoms with E-state index in [0.29, 0.717) is 31.9 Å². The van der Waals surface area contributed by atoms with E-state index < -0.39 is 0 Å². The van der Waals surface area contributed by atoms with Gasteiger partial charge in [-0.05, 0) is 53.9 Å². The lowest BCUT2D eigenvalue weighted by molar-refractivity contribution is 0.0930. The van der Waals surface area contributed by atoms with Gasteiger partial charge in [-0.1, -0.05) is 24.3 Å². The maximum absolute atomic E-state index is 12.9. The maximum atomic E-state index is 12.9. The number of nitrogens with one attached hydrogen (secondary N) is 2. The predicted octanol–water partition coefficient (Wildman–Crippen LogP) is 4.50. The van der Waals surface area contributed by atoms with Crippen LogP contribution in [0.5, 0.6) is 0 Å². The van der Waals surface area contributed by atoms with E-state index in [1.165, 1.54) is 12.1 Å². The summed E-state index contributed by atoms with van der Waals surface area (Å²) in [6.45, 7) is 1.28. The van der Waals surface area contributed by atoms with Gasteiger partial charge in [0.15, 0.2) is 0 Å². The number of hydrogen-bond acceptors (Lipinski definition) is 3. The van der Waals surface area contributed by atoms with Crippen LogP contribution < -0.4 is 10.6 Å². The molecular formula is C21H21FN2O3. The Kier molecular flexibility index (Phi) is 6.60. The lowest BCUT2D eigenvalue weighted by Gasteiger charge is -2.09. The van der Waals surface area contributed by atoms with E-state index >= 15 is 0 Å². The first kappa shape index (κ1) is 18.7. The van der Waals surface area contributed by atoms with Crippen LogP contribution in [0.1, 0.15) is 16.9 Å². The Bertz CT molecular complexity index is 848. The van der Waals surface area contributed by atoms with E-state index in [2.05, 4.69) is 10.6 Å². The summed E-state index contributed by atoms with van der Waals surface area (Å²) in [6.07, 6.45) is 2.24. The molecule has 0 saturated heterocycles. The van der Waals surface area contributed by atoms with Gasteiger partial charge < -0.3 is 19.8 Å². The molecule has 27 heavy (non-hydrogen) atoms. The Hall–Kier alpha value is -3.12. The summed E-state index contributed by atoms with van der Waals surface area (Å²) < 4.78 is 23.7. The van der Waals surface area contributed by atoms with Crippen LogP contribution in [-0.4, -0.2) is 12.6 Å². The number of rotatable bonds is 8. The van der Waals surface area contributed by atoms with Crippen LogP contribution in [0.15, 0.2) is 71.3 Å². The number of carbonyl (C=O) groups is 1. The van der Waals surface area contributed by atoms with Gasteiger partial charge >= 0.3 is 6.03 Å². The van der Waals surface area contributed by atoms with Gasteiger partial charge in [0.05, 0.1) is 12.9 Å². The fourth-order valence-corrected chi connectivity index (χ4v) is 2.55. The summed E-state index contributed by atoms with van der Waals surface area (Å²) in [5.41, 5.74) is 2.60. The zero-order chi connectivity index (χ0) is 18.9. The van der Waals surface area contributed by atoms with Crippen LogP contribution in [0, 0.1) is 5.82 Å². The van der Waals surface area contributed by atoms with Crippen LogP contribution in [0.4, 0.5) is 14.9 Å². The number of carbonyl (C=O) groups excluding carboxylic acids is 1. The monoisotopic (exact) mass is 368 g/mol. The minimum atomic E-state index is -0.286. The van der Waals surface area contributed by atoms with E-state index in [1.807, 2.05) is 36.4 Å². The predicted molar refractivity (Wildman–Crippen MR) is 101 cm³/mol. The van der Waals surface area contributed by atoms with Crippen LogP contribution in [-0.2, 0) is 24.4 Å². The van der Waals surface area contributed by atoms with Crippen molar-refractivity contribution in [3.05, 3.63) is 89.6 Å². The Morgan fingerprint density at radius 1 is 1.00 bits per heavy atom. The Morgan fingerprint density at radius 3 is 2.63 bits per heavy atom. The molecule has 2 aromatic carbocycles. The molecule has 0 radical (unpaired) electrons. The molecule has 6 heteroatoms. The normalized spacial score (nSPS) is 10.6. The molecule has 2 amide bonds. The van der Waals surface area contributed by atoms with Crippen molar-refractivity contribution < 1.29 is 18.3 Å². The first-order chi connectivity index (χ1) is 13.2. The fraction of sp³-hybridized carbons (Fsp3) is 0.190. The quantitative estimate of drug-likeness (QED) is 0.615. The Morgan fingerprint density at radius 2 is 1.85 bits per heavy atom. The molecule has 3 aromatic rings. The molecule has 0 atom stereocenters. The minimum Gasteiger partial charge on any atom is -0.467 e. The summed E-state index contributed by atoms with van der Waals surface area (Å²) in [7, 11) is 0. The third-order valence-electron chi connectivity index (χ3n) is 3.89. The van der Waals surface area contributed by atoms with E-state index in [0.717, 1.165) is 16.9 Å². The number of urea groups is 1. The van der Waals surface area contributed by atoms with E-state index in [4.69, 9.17) is 9.15 Å². The van der Waals surface area contributed by atoms with Gasteiger partial charge in [0, 0.05) is 12.2 Å². The molecule has 2 N–H and O–H groups in total. The molecule has 0 fully saturated rings. The van der Waals surface area contributed by atoms with Crippen molar-refractivity contribution in [3.8, 4) is 0 Å². The summed E-state index contributed by atoms with van der Waals surface area (Å²) in [4.78, 5) is 12.0. The number of ether oxygens (including phenoxy) is 1. The van der Waals surface area contributed by atoms with E-state index in [-0.39, 0.29) is 11.8 Å². The molecular weight excluding hydrogens is 347 g/mol. The molecule has 0 spiro atoms. The zero-order valence-corrected chi connectivity index (χ0v) is 14.8. The topological polar surface area (TPSA) is 63.5 Å². The van der Waals surface area contributed by atoms with Gasteiger partial charge in [-0.25, -0.2) is 9.18 Å². The van der Waals surface area contributed by atoms with Crippen molar-refractivity contribution in [2.75, 3.05) is 11.9 Å². The van der Waals surface area contributed by atoms with Gasteiger partial charge in [0.1, 0.15) is 18.2 Å². The second kappa shape index (κ2) is 9.54. The number of hydrogen-bond donors (Lipinski definition) is 2. The molecule has 0 unspecified atom stereocenters. The molecule has 0 aliphatic carbocycles. The molecule has 140 valence electrons. The molecule has 5 nitrogen and oxygen atoms in total. The standard InChI is InChI=1S/C21H21FN2O3/c22-18-8-6-16(7-9-18)10-11-23-21(25)24-19-4-1-3-17(13-19)14-26-15-20-5-2-12-27-20/h1-9,12-13H,10-11,14-15H2,(H2,23,24,25). The van der Waals surface area contributed by atoms with Crippen LogP contribution in [0.3, 0.4) is 0 Å². The molecule has 1 aromatic heterocycles. The summed E-state index contributed by atoms with van der Waals surface area (Å²) >= 11 is 0. The van der Waals surface area contributed by atoms with Crippen molar-refractivity contribution in [1.29, 1.82) is 0 Å². The van der Waals surface area contributed by atoms with Crippen molar-refractivity contribution in [2.24, 2.45) is 0 Å². The van der Waals surface area contributed by atoms with Gasteiger partial charge in [0.2, 0.25) is 0 Å². The third-order valence-corrected chi connectivity index (χ3v) is 3.89. The summed E-state index contributed by atoms with van der Waals surface area (Å²) in [5, 5.41) is 5.59. The number of furan rings is 1. The average molecular weight is 368 g/mol. The second-order valence-corrected chi connectivity index (χ2v) is 6.03. The van der Waals surface area contributed by atoms with Gasteiger partial charge in [0.25, 0.3) is 0 Å². The maximum Gasteiger partial charge on any atom is 0.319 e.